The highest BCUT2D eigenvalue weighted by atomic mass is 19.4. The van der Waals surface area contributed by atoms with Crippen molar-refractivity contribution in [3.05, 3.63) is 65.0 Å². The van der Waals surface area contributed by atoms with E-state index < -0.39 is 11.7 Å². The molecule has 1 N–H and O–H groups in total. The fourth-order valence-corrected chi connectivity index (χ4v) is 2.10. The van der Waals surface area contributed by atoms with Crippen molar-refractivity contribution >= 4 is 5.91 Å². The number of hydrogen-bond donors (Lipinski definition) is 1. The molecule has 2 aromatic rings. The third-order valence-corrected chi connectivity index (χ3v) is 3.33. The fraction of sp³-hybridized carbons (Fsp3) is 0.294. The van der Waals surface area contributed by atoms with Crippen molar-refractivity contribution < 1.29 is 18.0 Å². The van der Waals surface area contributed by atoms with Gasteiger partial charge in [0.15, 0.2) is 0 Å². The van der Waals surface area contributed by atoms with Crippen molar-refractivity contribution in [2.45, 2.75) is 25.9 Å². The molecule has 1 aromatic heterocycles. The summed E-state index contributed by atoms with van der Waals surface area (Å²) in [5, 5.41) is 2.70. The molecule has 0 unspecified atom stereocenters. The maximum Gasteiger partial charge on any atom is 0.416 e. The van der Waals surface area contributed by atoms with Crippen molar-refractivity contribution in [1.29, 1.82) is 0 Å². The summed E-state index contributed by atoms with van der Waals surface area (Å²) >= 11 is 0. The van der Waals surface area contributed by atoms with Crippen molar-refractivity contribution in [2.75, 3.05) is 6.54 Å². The van der Waals surface area contributed by atoms with Gasteiger partial charge in [-0.2, -0.15) is 13.2 Å². The smallest absolute Gasteiger partial charge is 0.355 e. The zero-order chi connectivity index (χ0) is 16.9. The molecule has 0 aliphatic rings. The number of nitrogens with zero attached hydrogens (tertiary/aromatic N) is 1. The van der Waals surface area contributed by atoms with Crippen LogP contribution in [0.15, 0.2) is 42.6 Å². The van der Waals surface area contributed by atoms with E-state index in [1.807, 2.05) is 19.1 Å². The summed E-state index contributed by atoms with van der Waals surface area (Å²) in [5.74, 6) is -0.301. The largest absolute Gasteiger partial charge is 0.416 e. The molecule has 0 fully saturated rings. The Balaban J connectivity index is 1.84. The van der Waals surface area contributed by atoms with Gasteiger partial charge in [0.2, 0.25) is 5.91 Å². The highest BCUT2D eigenvalue weighted by Gasteiger charge is 2.30. The SMILES string of the molecule is Cc1ccc(CCNC(=O)Cc2cccc(C(F)(F)F)c2)cn1. The summed E-state index contributed by atoms with van der Waals surface area (Å²) in [6, 6.07) is 8.64. The van der Waals surface area contributed by atoms with Crippen LogP contribution in [0.5, 0.6) is 0 Å². The lowest BCUT2D eigenvalue weighted by molar-refractivity contribution is -0.137. The van der Waals surface area contributed by atoms with E-state index in [0.29, 0.717) is 18.5 Å². The zero-order valence-corrected chi connectivity index (χ0v) is 12.7. The first-order chi connectivity index (χ1) is 10.8. The molecular formula is C17H17F3N2O. The lowest BCUT2D eigenvalue weighted by Gasteiger charge is -2.09. The second kappa shape index (κ2) is 7.26. The van der Waals surface area contributed by atoms with Gasteiger partial charge in [0, 0.05) is 18.4 Å². The number of carbonyl (C=O) groups excluding carboxylic acids is 1. The molecule has 3 nitrogen and oxygen atoms in total. The average Bonchev–Trinajstić information content (AvgIpc) is 2.49. The van der Waals surface area contributed by atoms with Gasteiger partial charge in [0.05, 0.1) is 12.0 Å². The average molecular weight is 322 g/mol. The van der Waals surface area contributed by atoms with Gasteiger partial charge in [-0.05, 0) is 36.6 Å². The molecule has 0 saturated carbocycles. The Morgan fingerprint density at radius 3 is 2.61 bits per heavy atom. The first-order valence-corrected chi connectivity index (χ1v) is 7.19. The van der Waals surface area contributed by atoms with Gasteiger partial charge in [-0.15, -0.1) is 0 Å². The minimum absolute atomic E-state index is 0.0733. The molecular weight excluding hydrogens is 305 g/mol. The van der Waals surface area contributed by atoms with E-state index in [-0.39, 0.29) is 12.3 Å². The minimum atomic E-state index is -4.40. The molecule has 0 spiro atoms. The van der Waals surface area contributed by atoms with Gasteiger partial charge >= 0.3 is 6.18 Å². The van der Waals surface area contributed by atoms with E-state index in [2.05, 4.69) is 10.3 Å². The van der Waals surface area contributed by atoms with Gasteiger partial charge in [-0.1, -0.05) is 24.3 Å². The molecule has 1 amide bonds. The lowest BCUT2D eigenvalue weighted by atomic mass is 10.1. The van der Waals surface area contributed by atoms with Crippen LogP contribution in [0, 0.1) is 6.92 Å². The number of amides is 1. The van der Waals surface area contributed by atoms with E-state index >= 15 is 0 Å². The van der Waals surface area contributed by atoms with E-state index in [1.165, 1.54) is 12.1 Å². The topological polar surface area (TPSA) is 42.0 Å². The number of pyridine rings is 1. The predicted octanol–water partition coefficient (Wildman–Crippen LogP) is 3.31. The number of benzene rings is 1. The van der Waals surface area contributed by atoms with Crippen LogP contribution >= 0.6 is 0 Å². The molecule has 0 aliphatic heterocycles. The van der Waals surface area contributed by atoms with Crippen molar-refractivity contribution in [3.8, 4) is 0 Å². The van der Waals surface area contributed by atoms with Crippen LogP contribution in [-0.2, 0) is 23.8 Å². The molecule has 2 rings (SSSR count). The Hall–Kier alpha value is -2.37. The highest BCUT2D eigenvalue weighted by Crippen LogP contribution is 2.29. The Labute approximate surface area is 132 Å². The molecule has 0 radical (unpaired) electrons. The standard InChI is InChI=1S/C17H17F3N2O/c1-12-5-6-13(11-22-12)7-8-21-16(23)10-14-3-2-4-15(9-14)17(18,19)20/h2-6,9,11H,7-8,10H2,1H3,(H,21,23). The molecule has 0 aliphatic carbocycles. The van der Waals surface area contributed by atoms with Crippen molar-refractivity contribution in [2.24, 2.45) is 0 Å². The Morgan fingerprint density at radius 1 is 1.17 bits per heavy atom. The molecule has 6 heteroatoms. The molecule has 23 heavy (non-hydrogen) atoms. The zero-order valence-electron chi connectivity index (χ0n) is 12.7. The van der Waals surface area contributed by atoms with E-state index in [0.717, 1.165) is 23.4 Å². The minimum Gasteiger partial charge on any atom is -0.355 e. The summed E-state index contributed by atoms with van der Waals surface area (Å²) in [7, 11) is 0. The van der Waals surface area contributed by atoms with Crippen LogP contribution in [0.1, 0.15) is 22.4 Å². The van der Waals surface area contributed by atoms with E-state index in [1.54, 1.807) is 6.20 Å². The first-order valence-electron chi connectivity index (χ1n) is 7.19. The maximum absolute atomic E-state index is 12.6. The van der Waals surface area contributed by atoms with Crippen molar-refractivity contribution in [1.82, 2.24) is 10.3 Å². The molecule has 1 aromatic carbocycles. The lowest BCUT2D eigenvalue weighted by Crippen LogP contribution is -2.27. The summed E-state index contributed by atoms with van der Waals surface area (Å²) in [4.78, 5) is 16.0. The number of rotatable bonds is 5. The summed E-state index contributed by atoms with van der Waals surface area (Å²) in [6.07, 6.45) is -2.10. The maximum atomic E-state index is 12.6. The molecule has 0 saturated heterocycles. The van der Waals surface area contributed by atoms with Crippen LogP contribution in [0.25, 0.3) is 0 Å². The number of nitrogens with one attached hydrogen (secondary N) is 1. The molecule has 122 valence electrons. The number of halogens is 3. The number of alkyl halides is 3. The van der Waals surface area contributed by atoms with E-state index in [9.17, 15) is 18.0 Å². The van der Waals surface area contributed by atoms with Gasteiger partial charge in [0.25, 0.3) is 0 Å². The van der Waals surface area contributed by atoms with E-state index in [4.69, 9.17) is 0 Å². The monoisotopic (exact) mass is 322 g/mol. The summed E-state index contributed by atoms with van der Waals surface area (Å²) < 4.78 is 37.9. The highest BCUT2D eigenvalue weighted by molar-refractivity contribution is 5.78. The van der Waals surface area contributed by atoms with Crippen LogP contribution in [-0.4, -0.2) is 17.4 Å². The number of hydrogen-bond acceptors (Lipinski definition) is 2. The first kappa shape index (κ1) is 17.0. The Bertz CT molecular complexity index is 666. The second-order valence-corrected chi connectivity index (χ2v) is 5.28. The molecule has 0 atom stereocenters. The predicted molar refractivity (Wildman–Crippen MR) is 80.8 cm³/mol. The second-order valence-electron chi connectivity index (χ2n) is 5.28. The molecule has 1 heterocycles. The third kappa shape index (κ3) is 5.39. The van der Waals surface area contributed by atoms with Crippen LogP contribution in [0.3, 0.4) is 0 Å². The van der Waals surface area contributed by atoms with Gasteiger partial charge < -0.3 is 5.32 Å². The van der Waals surface area contributed by atoms with Crippen LogP contribution in [0.4, 0.5) is 13.2 Å². The fourth-order valence-electron chi connectivity index (χ4n) is 2.10. The summed E-state index contributed by atoms with van der Waals surface area (Å²) in [5.41, 5.74) is 1.51. The quantitative estimate of drug-likeness (QED) is 0.917. The number of carbonyl (C=O) groups is 1. The third-order valence-electron chi connectivity index (χ3n) is 3.33. The van der Waals surface area contributed by atoms with Gasteiger partial charge in [-0.25, -0.2) is 0 Å². The van der Waals surface area contributed by atoms with Crippen LogP contribution in [0.2, 0.25) is 0 Å². The van der Waals surface area contributed by atoms with Crippen molar-refractivity contribution in [3.63, 3.8) is 0 Å². The number of aromatic nitrogens is 1. The Kier molecular flexibility index (Phi) is 5.36. The molecule has 0 bridgehead atoms. The van der Waals surface area contributed by atoms with Gasteiger partial charge in [0.1, 0.15) is 0 Å². The summed E-state index contributed by atoms with van der Waals surface area (Å²) in [6.45, 7) is 2.31. The van der Waals surface area contributed by atoms with Gasteiger partial charge in [-0.3, -0.25) is 9.78 Å². The normalized spacial score (nSPS) is 11.3. The Morgan fingerprint density at radius 2 is 1.96 bits per heavy atom. The van der Waals surface area contributed by atoms with Crippen LogP contribution < -0.4 is 5.32 Å². The number of aryl methyl sites for hydroxylation is 1.